The van der Waals surface area contributed by atoms with Crippen LogP contribution in [0.25, 0.3) is 0 Å². The number of carbonyl (C=O) groups excluding carboxylic acids is 1. The summed E-state index contributed by atoms with van der Waals surface area (Å²) in [6, 6.07) is 5.36. The lowest BCUT2D eigenvalue weighted by molar-refractivity contribution is 0.0941. The van der Waals surface area contributed by atoms with Crippen LogP contribution in [-0.2, 0) is 4.74 Å². The van der Waals surface area contributed by atoms with Gasteiger partial charge < -0.3 is 15.8 Å². The molecule has 0 aromatic heterocycles. The first-order valence-electron chi connectivity index (χ1n) is 6.37. The zero-order valence-electron chi connectivity index (χ0n) is 11.2. The van der Waals surface area contributed by atoms with Crippen molar-refractivity contribution in [2.24, 2.45) is 0 Å². The number of anilines is 1. The minimum absolute atomic E-state index is 0.0738. The molecule has 1 rings (SSSR count). The quantitative estimate of drug-likeness (QED) is 0.575. The highest BCUT2D eigenvalue weighted by molar-refractivity contribution is 5.96. The van der Waals surface area contributed by atoms with E-state index in [2.05, 4.69) is 12.2 Å². The Bertz CT molecular complexity index is 391. The smallest absolute Gasteiger partial charge is 0.251 e. The van der Waals surface area contributed by atoms with Crippen molar-refractivity contribution in [3.8, 4) is 0 Å². The standard InChI is InChI=1S/C14H22N2O2/c1-3-8-18-9-4-7-16-14(17)13-10-12(15)6-5-11(13)2/h5-6,10H,3-4,7-9,15H2,1-2H3,(H,16,17). The number of hydrogen-bond donors (Lipinski definition) is 2. The summed E-state index contributed by atoms with van der Waals surface area (Å²) in [6.07, 6.45) is 1.85. The summed E-state index contributed by atoms with van der Waals surface area (Å²) in [5.74, 6) is -0.0738. The van der Waals surface area contributed by atoms with Gasteiger partial charge in [0.05, 0.1) is 0 Å². The van der Waals surface area contributed by atoms with Gasteiger partial charge in [-0.25, -0.2) is 0 Å². The Balaban J connectivity index is 2.34. The lowest BCUT2D eigenvalue weighted by atomic mass is 10.1. The molecule has 0 radical (unpaired) electrons. The van der Waals surface area contributed by atoms with Crippen LogP contribution in [0.4, 0.5) is 5.69 Å². The van der Waals surface area contributed by atoms with Gasteiger partial charge in [0.2, 0.25) is 0 Å². The van der Waals surface area contributed by atoms with E-state index in [-0.39, 0.29) is 5.91 Å². The number of nitrogen functional groups attached to an aromatic ring is 1. The number of nitrogens with two attached hydrogens (primary N) is 1. The largest absolute Gasteiger partial charge is 0.399 e. The Kier molecular flexibility index (Phi) is 6.22. The minimum Gasteiger partial charge on any atom is -0.399 e. The average molecular weight is 250 g/mol. The first-order chi connectivity index (χ1) is 8.65. The Labute approximate surface area is 109 Å². The zero-order chi connectivity index (χ0) is 13.4. The van der Waals surface area contributed by atoms with E-state index in [1.165, 1.54) is 0 Å². The van der Waals surface area contributed by atoms with Crippen LogP contribution in [0.3, 0.4) is 0 Å². The molecule has 0 unspecified atom stereocenters. The fourth-order valence-corrected chi connectivity index (χ4v) is 1.60. The number of carbonyl (C=O) groups is 1. The van der Waals surface area contributed by atoms with Crippen LogP contribution >= 0.6 is 0 Å². The van der Waals surface area contributed by atoms with Crippen LogP contribution in [0.1, 0.15) is 35.7 Å². The maximum absolute atomic E-state index is 11.9. The van der Waals surface area contributed by atoms with Crippen LogP contribution in [-0.4, -0.2) is 25.7 Å². The van der Waals surface area contributed by atoms with E-state index in [4.69, 9.17) is 10.5 Å². The van der Waals surface area contributed by atoms with Crippen molar-refractivity contribution in [2.75, 3.05) is 25.5 Å². The maximum atomic E-state index is 11.9. The van der Waals surface area contributed by atoms with Crippen LogP contribution in [0.2, 0.25) is 0 Å². The Morgan fingerprint density at radius 2 is 2.17 bits per heavy atom. The van der Waals surface area contributed by atoms with Gasteiger partial charge >= 0.3 is 0 Å². The summed E-state index contributed by atoms with van der Waals surface area (Å²) in [4.78, 5) is 11.9. The summed E-state index contributed by atoms with van der Waals surface area (Å²) in [5.41, 5.74) is 7.86. The Hall–Kier alpha value is -1.55. The SMILES string of the molecule is CCCOCCCNC(=O)c1cc(N)ccc1C. The van der Waals surface area contributed by atoms with Gasteiger partial charge in [0.25, 0.3) is 5.91 Å². The van der Waals surface area contributed by atoms with Crippen molar-refractivity contribution in [1.29, 1.82) is 0 Å². The minimum atomic E-state index is -0.0738. The molecule has 4 heteroatoms. The molecule has 0 atom stereocenters. The molecule has 0 aliphatic heterocycles. The maximum Gasteiger partial charge on any atom is 0.251 e. The van der Waals surface area contributed by atoms with Gasteiger partial charge in [-0.15, -0.1) is 0 Å². The molecule has 0 heterocycles. The molecule has 1 aromatic carbocycles. The van der Waals surface area contributed by atoms with E-state index in [0.29, 0.717) is 24.4 Å². The van der Waals surface area contributed by atoms with Crippen molar-refractivity contribution in [1.82, 2.24) is 5.32 Å². The summed E-state index contributed by atoms with van der Waals surface area (Å²) in [5, 5.41) is 2.87. The molecule has 0 aliphatic rings. The van der Waals surface area contributed by atoms with Gasteiger partial charge in [0.15, 0.2) is 0 Å². The molecule has 0 spiro atoms. The predicted molar refractivity (Wildman–Crippen MR) is 73.7 cm³/mol. The van der Waals surface area contributed by atoms with Crippen LogP contribution in [0.5, 0.6) is 0 Å². The van der Waals surface area contributed by atoms with Crippen molar-refractivity contribution < 1.29 is 9.53 Å². The number of hydrogen-bond acceptors (Lipinski definition) is 3. The molecule has 0 fully saturated rings. The average Bonchev–Trinajstić information content (AvgIpc) is 2.36. The number of amides is 1. The number of benzene rings is 1. The lowest BCUT2D eigenvalue weighted by Gasteiger charge is -2.08. The van der Waals surface area contributed by atoms with Crippen molar-refractivity contribution in [3.63, 3.8) is 0 Å². The first-order valence-corrected chi connectivity index (χ1v) is 6.37. The van der Waals surface area contributed by atoms with Gasteiger partial charge in [-0.1, -0.05) is 13.0 Å². The fraction of sp³-hybridized carbons (Fsp3) is 0.500. The highest BCUT2D eigenvalue weighted by atomic mass is 16.5. The lowest BCUT2D eigenvalue weighted by Crippen LogP contribution is -2.26. The molecule has 0 saturated heterocycles. The number of ether oxygens (including phenoxy) is 1. The number of nitrogens with one attached hydrogen (secondary N) is 1. The van der Waals surface area contributed by atoms with Crippen LogP contribution in [0.15, 0.2) is 18.2 Å². The van der Waals surface area contributed by atoms with E-state index in [9.17, 15) is 4.79 Å². The molecule has 0 saturated carbocycles. The third kappa shape index (κ3) is 4.75. The van der Waals surface area contributed by atoms with Crippen molar-refractivity contribution >= 4 is 11.6 Å². The molecular weight excluding hydrogens is 228 g/mol. The van der Waals surface area contributed by atoms with Gasteiger partial charge in [0, 0.05) is 31.0 Å². The number of rotatable bonds is 7. The van der Waals surface area contributed by atoms with E-state index < -0.39 is 0 Å². The van der Waals surface area contributed by atoms with Crippen molar-refractivity contribution in [2.45, 2.75) is 26.7 Å². The highest BCUT2D eigenvalue weighted by Gasteiger charge is 2.08. The highest BCUT2D eigenvalue weighted by Crippen LogP contribution is 2.12. The Morgan fingerprint density at radius 3 is 2.89 bits per heavy atom. The second-order valence-electron chi connectivity index (χ2n) is 4.30. The molecule has 1 amide bonds. The van der Waals surface area contributed by atoms with E-state index in [1.54, 1.807) is 12.1 Å². The zero-order valence-corrected chi connectivity index (χ0v) is 11.2. The molecule has 0 bridgehead atoms. The van der Waals surface area contributed by atoms with E-state index >= 15 is 0 Å². The molecule has 1 aromatic rings. The molecular formula is C14H22N2O2. The molecule has 3 N–H and O–H groups in total. The summed E-state index contributed by atoms with van der Waals surface area (Å²) in [6.45, 7) is 6.06. The van der Waals surface area contributed by atoms with Gasteiger partial charge in [0.1, 0.15) is 0 Å². The van der Waals surface area contributed by atoms with Gasteiger partial charge in [-0.2, -0.15) is 0 Å². The molecule has 0 aliphatic carbocycles. The van der Waals surface area contributed by atoms with Crippen LogP contribution in [0, 0.1) is 6.92 Å². The topological polar surface area (TPSA) is 64.3 Å². The molecule has 18 heavy (non-hydrogen) atoms. The van der Waals surface area contributed by atoms with E-state index in [0.717, 1.165) is 25.0 Å². The second kappa shape index (κ2) is 7.71. The fourth-order valence-electron chi connectivity index (χ4n) is 1.60. The Morgan fingerprint density at radius 1 is 1.39 bits per heavy atom. The van der Waals surface area contributed by atoms with Crippen molar-refractivity contribution in [3.05, 3.63) is 29.3 Å². The first kappa shape index (κ1) is 14.5. The second-order valence-corrected chi connectivity index (χ2v) is 4.30. The van der Waals surface area contributed by atoms with Crippen LogP contribution < -0.4 is 11.1 Å². The third-order valence-corrected chi connectivity index (χ3v) is 2.61. The van der Waals surface area contributed by atoms with Gasteiger partial charge in [-0.3, -0.25) is 4.79 Å². The monoisotopic (exact) mass is 250 g/mol. The number of aryl methyl sites for hydroxylation is 1. The van der Waals surface area contributed by atoms with E-state index in [1.807, 2.05) is 13.0 Å². The summed E-state index contributed by atoms with van der Waals surface area (Å²) in [7, 11) is 0. The third-order valence-electron chi connectivity index (χ3n) is 2.61. The summed E-state index contributed by atoms with van der Waals surface area (Å²) >= 11 is 0. The summed E-state index contributed by atoms with van der Waals surface area (Å²) < 4.78 is 5.34. The molecule has 4 nitrogen and oxygen atoms in total. The normalized spacial score (nSPS) is 10.3. The predicted octanol–water partition coefficient (Wildman–Crippen LogP) is 2.12. The molecule has 100 valence electrons. The van der Waals surface area contributed by atoms with Gasteiger partial charge in [-0.05, 0) is 37.5 Å².